The Morgan fingerprint density at radius 3 is 2.67 bits per heavy atom. The molecule has 6 nitrogen and oxygen atoms in total. The minimum absolute atomic E-state index is 0.0980. The van der Waals surface area contributed by atoms with Crippen molar-refractivity contribution in [1.29, 1.82) is 0 Å². The van der Waals surface area contributed by atoms with Crippen LogP contribution in [0.4, 0.5) is 0 Å². The quantitative estimate of drug-likeness (QED) is 0.549. The highest BCUT2D eigenvalue weighted by molar-refractivity contribution is 8.14. The molecule has 1 N–H and O–H groups in total. The molecule has 0 aromatic heterocycles. The summed E-state index contributed by atoms with van der Waals surface area (Å²) in [7, 11) is -0.798. The van der Waals surface area contributed by atoms with E-state index < -0.39 is 10.0 Å². The summed E-state index contributed by atoms with van der Waals surface area (Å²) >= 11 is 1.37. The number of hydrogen-bond donors (Lipinski definition) is 1. The molecule has 0 aliphatic heterocycles. The third kappa shape index (κ3) is 6.04. The molecule has 0 radical (unpaired) electrons. The van der Waals surface area contributed by atoms with Crippen LogP contribution >= 0.6 is 11.8 Å². The molecule has 1 aliphatic carbocycles. The Hall–Kier alpha value is -1.93. The van der Waals surface area contributed by atoms with Crippen LogP contribution in [0.3, 0.4) is 0 Å². The predicted octanol–water partition coefficient (Wildman–Crippen LogP) is 3.61. The molecule has 0 saturated heterocycles. The number of thioether (sulfide) groups is 1. The molecule has 8 heteroatoms. The van der Waals surface area contributed by atoms with Crippen molar-refractivity contribution in [3.05, 3.63) is 42.0 Å². The second kappa shape index (κ2) is 9.85. The fourth-order valence-electron chi connectivity index (χ4n) is 2.65. The first-order valence-electron chi connectivity index (χ1n) is 8.65. The predicted molar refractivity (Wildman–Crippen MR) is 111 cm³/mol. The van der Waals surface area contributed by atoms with Crippen LogP contribution in [0, 0.1) is 5.92 Å². The smallest absolute Gasteiger partial charge is 0.263 e. The van der Waals surface area contributed by atoms with Crippen molar-refractivity contribution in [2.75, 3.05) is 26.5 Å². The molecular weight excluding hydrogens is 384 g/mol. The van der Waals surface area contributed by atoms with Crippen LogP contribution in [-0.2, 0) is 10.0 Å². The molecule has 2 rings (SSSR count). The van der Waals surface area contributed by atoms with E-state index in [1.807, 2.05) is 13.0 Å². The number of benzene rings is 1. The first kappa shape index (κ1) is 21.4. The van der Waals surface area contributed by atoms with E-state index in [1.54, 1.807) is 6.07 Å². The monoisotopic (exact) mass is 410 g/mol. The number of hydrogen-bond acceptors (Lipinski definition) is 6. The Morgan fingerprint density at radius 2 is 2.04 bits per heavy atom. The van der Waals surface area contributed by atoms with Crippen molar-refractivity contribution >= 4 is 27.0 Å². The molecule has 0 saturated carbocycles. The average Bonchev–Trinajstić information content (AvgIpc) is 2.65. The van der Waals surface area contributed by atoms with Gasteiger partial charge in [0.2, 0.25) is 0 Å². The van der Waals surface area contributed by atoms with Gasteiger partial charge < -0.3 is 9.47 Å². The number of allylic oxidation sites excluding steroid dienone is 3. The number of nitrogens with one attached hydrogen (secondary N) is 1. The van der Waals surface area contributed by atoms with Crippen molar-refractivity contribution in [2.45, 2.75) is 25.2 Å². The second-order valence-electron chi connectivity index (χ2n) is 6.06. The van der Waals surface area contributed by atoms with E-state index in [4.69, 9.17) is 9.47 Å². The van der Waals surface area contributed by atoms with E-state index in [0.29, 0.717) is 29.0 Å². The van der Waals surface area contributed by atoms with Crippen LogP contribution in [0.2, 0.25) is 0 Å². The minimum atomic E-state index is -3.77. The van der Waals surface area contributed by atoms with E-state index >= 15 is 0 Å². The Labute approximate surface area is 165 Å². The number of rotatable bonds is 7. The molecule has 0 amide bonds. The van der Waals surface area contributed by atoms with Gasteiger partial charge in [0.05, 0.1) is 19.1 Å². The first-order chi connectivity index (χ1) is 12.9. The lowest BCUT2D eigenvalue weighted by atomic mass is 9.95. The zero-order valence-corrected chi connectivity index (χ0v) is 17.7. The van der Waals surface area contributed by atoms with Gasteiger partial charge in [-0.15, -0.1) is 0 Å². The molecule has 0 spiro atoms. The normalized spacial score (nSPS) is 17.4. The molecule has 0 heterocycles. The third-order valence-corrected chi connectivity index (χ3v) is 6.24. The number of ether oxygens (including phenoxy) is 2. The van der Waals surface area contributed by atoms with Crippen LogP contribution in [-0.4, -0.2) is 40.1 Å². The molecule has 27 heavy (non-hydrogen) atoms. The van der Waals surface area contributed by atoms with Crippen LogP contribution in [0.1, 0.15) is 20.3 Å². The fourth-order valence-corrected chi connectivity index (χ4v) is 4.58. The number of methoxy groups -OCH3 is 2. The standard InChI is InChI=1S/C19H26N2O4S2/c1-5-26-19(20-13-15-8-6-7-14(2)11-15)21-27(22,23)16-9-10-17(24-3)18(12-16)25-4/h6-10,12,15H,5,11,13H2,1-4H3,(H,20,21). The summed E-state index contributed by atoms with van der Waals surface area (Å²) in [6.07, 6.45) is 7.15. The van der Waals surface area contributed by atoms with Gasteiger partial charge in [0, 0.05) is 18.5 Å². The zero-order valence-electron chi connectivity index (χ0n) is 16.1. The van der Waals surface area contributed by atoms with E-state index in [1.165, 1.54) is 43.7 Å². The van der Waals surface area contributed by atoms with Gasteiger partial charge >= 0.3 is 0 Å². The molecule has 0 bridgehead atoms. The summed E-state index contributed by atoms with van der Waals surface area (Å²) in [6.45, 7) is 4.58. The zero-order chi connectivity index (χ0) is 19.9. The molecule has 0 fully saturated rings. The lowest BCUT2D eigenvalue weighted by molar-refractivity contribution is 0.354. The van der Waals surface area contributed by atoms with Gasteiger partial charge in [-0.25, -0.2) is 8.42 Å². The summed E-state index contributed by atoms with van der Waals surface area (Å²) < 4.78 is 38.5. The second-order valence-corrected chi connectivity index (χ2v) is 9.00. The molecule has 1 aliphatic rings. The highest BCUT2D eigenvalue weighted by Gasteiger charge is 2.19. The van der Waals surface area contributed by atoms with Gasteiger partial charge in [0.25, 0.3) is 10.0 Å². The number of aliphatic imine (C=N–C) groups is 1. The van der Waals surface area contributed by atoms with Gasteiger partial charge in [-0.05, 0) is 31.2 Å². The van der Waals surface area contributed by atoms with E-state index in [0.717, 1.165) is 6.42 Å². The maximum absolute atomic E-state index is 12.8. The Balaban J connectivity index is 2.17. The van der Waals surface area contributed by atoms with Crippen LogP contribution in [0.15, 0.2) is 51.9 Å². The van der Waals surface area contributed by atoms with Crippen molar-refractivity contribution in [3.8, 4) is 11.5 Å². The molecule has 1 unspecified atom stereocenters. The third-order valence-electron chi connectivity index (χ3n) is 3.99. The summed E-state index contributed by atoms with van der Waals surface area (Å²) in [6, 6.07) is 4.49. The van der Waals surface area contributed by atoms with E-state index in [2.05, 4.69) is 28.8 Å². The van der Waals surface area contributed by atoms with Gasteiger partial charge in [0.1, 0.15) is 0 Å². The summed E-state index contributed by atoms with van der Waals surface area (Å²) in [5.74, 6) is 1.83. The van der Waals surface area contributed by atoms with Crippen molar-refractivity contribution in [3.63, 3.8) is 0 Å². The van der Waals surface area contributed by atoms with Crippen LogP contribution < -0.4 is 14.2 Å². The number of amidine groups is 1. The Bertz CT molecular complexity index is 845. The van der Waals surface area contributed by atoms with Crippen molar-refractivity contribution in [2.24, 2.45) is 10.9 Å². The first-order valence-corrected chi connectivity index (χ1v) is 11.1. The molecule has 1 aromatic carbocycles. The maximum atomic E-state index is 12.8. The Morgan fingerprint density at radius 1 is 1.30 bits per heavy atom. The van der Waals surface area contributed by atoms with Gasteiger partial charge in [-0.2, -0.15) is 0 Å². The van der Waals surface area contributed by atoms with Gasteiger partial charge in [0.15, 0.2) is 16.7 Å². The lowest BCUT2D eigenvalue weighted by Crippen LogP contribution is -2.29. The van der Waals surface area contributed by atoms with E-state index in [9.17, 15) is 8.42 Å². The van der Waals surface area contributed by atoms with Crippen LogP contribution in [0.25, 0.3) is 0 Å². The lowest BCUT2D eigenvalue weighted by Gasteiger charge is -2.16. The largest absolute Gasteiger partial charge is 0.493 e. The molecule has 1 aromatic rings. The summed E-state index contributed by atoms with van der Waals surface area (Å²) in [4.78, 5) is 4.61. The molecular formula is C19H26N2O4S2. The summed E-state index contributed by atoms with van der Waals surface area (Å²) in [5.41, 5.74) is 1.30. The number of nitrogens with zero attached hydrogens (tertiary/aromatic N) is 1. The topological polar surface area (TPSA) is 77.0 Å². The molecule has 148 valence electrons. The minimum Gasteiger partial charge on any atom is -0.493 e. The Kier molecular flexibility index (Phi) is 7.79. The van der Waals surface area contributed by atoms with Crippen molar-refractivity contribution < 1.29 is 17.9 Å². The average molecular weight is 411 g/mol. The summed E-state index contributed by atoms with van der Waals surface area (Å²) in [5, 5.41) is 0.396. The van der Waals surface area contributed by atoms with Gasteiger partial charge in [-0.1, -0.05) is 42.5 Å². The fraction of sp³-hybridized carbons (Fsp3) is 0.421. The highest BCUT2D eigenvalue weighted by atomic mass is 32.2. The van der Waals surface area contributed by atoms with Crippen molar-refractivity contribution in [1.82, 2.24) is 4.72 Å². The van der Waals surface area contributed by atoms with E-state index in [-0.39, 0.29) is 10.8 Å². The molecule has 1 atom stereocenters. The highest BCUT2D eigenvalue weighted by Crippen LogP contribution is 2.29. The van der Waals surface area contributed by atoms with Crippen LogP contribution in [0.5, 0.6) is 11.5 Å². The van der Waals surface area contributed by atoms with Gasteiger partial charge in [-0.3, -0.25) is 9.71 Å². The maximum Gasteiger partial charge on any atom is 0.263 e. The number of sulfonamides is 1. The SMILES string of the molecule is CCSC(=NCC1C=CC=C(C)C1)NS(=O)(=O)c1ccc(OC)c(OC)c1.